The molecule has 0 spiro atoms. The minimum atomic E-state index is -0.407. The lowest BCUT2D eigenvalue weighted by molar-refractivity contribution is 0.107. The molecule has 2 rings (SSSR count). The molecule has 0 heterocycles. The van der Waals surface area contributed by atoms with Crippen molar-refractivity contribution in [2.45, 2.75) is 6.92 Å². The van der Waals surface area contributed by atoms with Crippen LogP contribution in [-0.2, 0) is 0 Å². The Labute approximate surface area is 122 Å². The molecule has 0 saturated carbocycles. The molecule has 0 unspecified atom stereocenters. The van der Waals surface area contributed by atoms with Crippen LogP contribution >= 0.6 is 23.2 Å². The number of carbonyl (C=O) groups excluding carboxylic acids is 2. The van der Waals surface area contributed by atoms with Crippen LogP contribution in [0.15, 0.2) is 54.6 Å². The molecule has 0 bridgehead atoms. The Bertz CT molecular complexity index is 565. The van der Waals surface area contributed by atoms with Crippen molar-refractivity contribution in [1.82, 2.24) is 0 Å². The fourth-order valence-corrected chi connectivity index (χ4v) is 1.58. The van der Waals surface area contributed by atoms with Gasteiger partial charge in [0.25, 0.3) is 10.5 Å². The van der Waals surface area contributed by atoms with Crippen molar-refractivity contribution in [3.05, 3.63) is 71.3 Å². The lowest BCUT2D eigenvalue weighted by Gasteiger charge is -1.93. The number of hydrogen-bond acceptors (Lipinski definition) is 2. The zero-order valence-electron chi connectivity index (χ0n) is 10.3. The summed E-state index contributed by atoms with van der Waals surface area (Å²) in [5.41, 5.74) is 2.15. The van der Waals surface area contributed by atoms with E-state index in [1.165, 1.54) is 0 Å². The maximum absolute atomic E-state index is 10.6. The van der Waals surface area contributed by atoms with E-state index in [1.807, 2.05) is 25.1 Å². The first kappa shape index (κ1) is 15.4. The van der Waals surface area contributed by atoms with Crippen molar-refractivity contribution in [3.63, 3.8) is 0 Å². The molecular weight excluding hydrogens is 283 g/mol. The number of aryl methyl sites for hydroxylation is 1. The Hall–Kier alpha value is -1.64. The van der Waals surface area contributed by atoms with Crippen LogP contribution in [0.5, 0.6) is 0 Å². The number of carbonyl (C=O) groups is 2. The van der Waals surface area contributed by atoms with E-state index in [9.17, 15) is 9.59 Å². The Balaban J connectivity index is 0.000000191. The molecule has 4 heteroatoms. The van der Waals surface area contributed by atoms with Crippen molar-refractivity contribution >= 4 is 33.7 Å². The summed E-state index contributed by atoms with van der Waals surface area (Å²) >= 11 is 10.4. The summed E-state index contributed by atoms with van der Waals surface area (Å²) < 4.78 is 0. The van der Waals surface area contributed by atoms with Crippen LogP contribution in [0.1, 0.15) is 26.3 Å². The smallest absolute Gasteiger partial charge is 0.252 e. The summed E-state index contributed by atoms with van der Waals surface area (Å²) in [5.74, 6) is 0. The summed E-state index contributed by atoms with van der Waals surface area (Å²) in [6.07, 6.45) is 0. The van der Waals surface area contributed by atoms with Gasteiger partial charge in [-0.15, -0.1) is 0 Å². The summed E-state index contributed by atoms with van der Waals surface area (Å²) in [6.45, 7) is 1.92. The largest absolute Gasteiger partial charge is 0.276 e. The van der Waals surface area contributed by atoms with Gasteiger partial charge in [0.2, 0.25) is 0 Å². The van der Waals surface area contributed by atoms with Gasteiger partial charge in [-0.3, -0.25) is 9.59 Å². The number of halogens is 2. The normalized spacial score (nSPS) is 9.21. The van der Waals surface area contributed by atoms with Crippen LogP contribution in [0, 0.1) is 6.92 Å². The van der Waals surface area contributed by atoms with Gasteiger partial charge in [-0.2, -0.15) is 0 Å². The van der Waals surface area contributed by atoms with E-state index in [0.717, 1.165) is 5.56 Å². The van der Waals surface area contributed by atoms with Gasteiger partial charge in [-0.1, -0.05) is 54.1 Å². The molecular formula is C15H12Cl2O2. The van der Waals surface area contributed by atoms with E-state index in [2.05, 4.69) is 0 Å². The van der Waals surface area contributed by atoms with Gasteiger partial charge in [0.1, 0.15) is 0 Å². The van der Waals surface area contributed by atoms with Crippen LogP contribution in [0.3, 0.4) is 0 Å². The second kappa shape index (κ2) is 7.72. The van der Waals surface area contributed by atoms with Crippen molar-refractivity contribution in [1.29, 1.82) is 0 Å². The zero-order chi connectivity index (χ0) is 14.3. The van der Waals surface area contributed by atoms with Gasteiger partial charge in [0, 0.05) is 11.1 Å². The standard InChI is InChI=1S/C8H7ClO.C7H5ClO/c1-6-3-2-4-7(5-6)8(9)10;8-7(9)6-4-2-1-3-5-6/h2-5H,1H3;1-5H. The SMILES string of the molecule is Cc1cccc(C(=O)Cl)c1.O=C(Cl)c1ccccc1. The summed E-state index contributed by atoms with van der Waals surface area (Å²) in [4.78, 5) is 21.0. The van der Waals surface area contributed by atoms with E-state index >= 15 is 0 Å². The van der Waals surface area contributed by atoms with Crippen molar-refractivity contribution < 1.29 is 9.59 Å². The van der Waals surface area contributed by atoms with E-state index in [4.69, 9.17) is 23.2 Å². The first-order valence-corrected chi connectivity index (χ1v) is 6.27. The second-order valence-electron chi connectivity index (χ2n) is 3.78. The molecule has 0 N–H and O–H groups in total. The second-order valence-corrected chi connectivity index (χ2v) is 4.47. The fourth-order valence-electron chi connectivity index (χ4n) is 1.34. The van der Waals surface area contributed by atoms with Crippen molar-refractivity contribution in [3.8, 4) is 0 Å². The Morgan fingerprint density at radius 2 is 1.32 bits per heavy atom. The number of rotatable bonds is 2. The first-order chi connectivity index (χ1) is 9.00. The molecule has 2 nitrogen and oxygen atoms in total. The monoisotopic (exact) mass is 294 g/mol. The molecule has 0 atom stereocenters. The third-order valence-electron chi connectivity index (χ3n) is 2.25. The minimum absolute atomic E-state index is 0.399. The molecule has 19 heavy (non-hydrogen) atoms. The van der Waals surface area contributed by atoms with Gasteiger partial charge >= 0.3 is 0 Å². The molecule has 0 aromatic heterocycles. The Kier molecular flexibility index (Phi) is 6.26. The molecule has 0 saturated heterocycles. The van der Waals surface area contributed by atoms with Crippen LogP contribution in [-0.4, -0.2) is 10.5 Å². The lowest BCUT2D eigenvalue weighted by atomic mass is 10.2. The topological polar surface area (TPSA) is 34.1 Å². The molecule has 0 amide bonds. The fraction of sp³-hybridized carbons (Fsp3) is 0.0667. The van der Waals surface area contributed by atoms with Crippen LogP contribution in [0.4, 0.5) is 0 Å². The summed E-state index contributed by atoms with van der Waals surface area (Å²) in [6, 6.07) is 15.9. The molecule has 0 fully saturated rings. The third-order valence-corrected chi connectivity index (χ3v) is 2.68. The molecule has 0 aliphatic rings. The zero-order valence-corrected chi connectivity index (χ0v) is 11.8. The molecule has 0 aliphatic carbocycles. The number of benzene rings is 2. The van der Waals surface area contributed by atoms with Crippen molar-refractivity contribution in [2.24, 2.45) is 0 Å². The maximum atomic E-state index is 10.6. The lowest BCUT2D eigenvalue weighted by Crippen LogP contribution is -1.87. The maximum Gasteiger partial charge on any atom is 0.252 e. The highest BCUT2D eigenvalue weighted by atomic mass is 35.5. The van der Waals surface area contributed by atoms with Gasteiger partial charge < -0.3 is 0 Å². The first-order valence-electron chi connectivity index (χ1n) is 5.52. The molecule has 0 radical (unpaired) electrons. The van der Waals surface area contributed by atoms with E-state index in [-0.39, 0.29) is 0 Å². The van der Waals surface area contributed by atoms with Gasteiger partial charge in [-0.25, -0.2) is 0 Å². The van der Waals surface area contributed by atoms with Crippen LogP contribution < -0.4 is 0 Å². The third kappa shape index (κ3) is 5.69. The molecule has 0 aliphatic heterocycles. The van der Waals surface area contributed by atoms with Gasteiger partial charge in [0.05, 0.1) is 0 Å². The van der Waals surface area contributed by atoms with Crippen LogP contribution in [0.25, 0.3) is 0 Å². The van der Waals surface area contributed by atoms with Gasteiger partial charge in [0.15, 0.2) is 0 Å². The summed E-state index contributed by atoms with van der Waals surface area (Å²) in [5, 5.41) is -0.806. The van der Waals surface area contributed by atoms with Crippen LogP contribution in [0.2, 0.25) is 0 Å². The highest BCUT2D eigenvalue weighted by Crippen LogP contribution is 2.06. The predicted octanol–water partition coefficient (Wildman–Crippen LogP) is 4.44. The molecule has 98 valence electrons. The molecule has 2 aromatic rings. The van der Waals surface area contributed by atoms with Crippen molar-refractivity contribution in [2.75, 3.05) is 0 Å². The predicted molar refractivity (Wildman–Crippen MR) is 78.0 cm³/mol. The summed E-state index contributed by atoms with van der Waals surface area (Å²) in [7, 11) is 0. The highest BCUT2D eigenvalue weighted by Gasteiger charge is 1.98. The molecule has 2 aromatic carbocycles. The average Bonchev–Trinajstić information content (AvgIpc) is 2.40. The van der Waals surface area contributed by atoms with E-state index in [1.54, 1.807) is 36.4 Å². The quantitative estimate of drug-likeness (QED) is 0.767. The number of hydrogen-bond donors (Lipinski definition) is 0. The van der Waals surface area contributed by atoms with E-state index in [0.29, 0.717) is 11.1 Å². The minimum Gasteiger partial charge on any atom is -0.276 e. The highest BCUT2D eigenvalue weighted by molar-refractivity contribution is 6.68. The average molecular weight is 295 g/mol. The Morgan fingerprint density at radius 1 is 0.789 bits per heavy atom. The van der Waals surface area contributed by atoms with Gasteiger partial charge in [-0.05, 0) is 36.2 Å². The van der Waals surface area contributed by atoms with E-state index < -0.39 is 10.5 Å². The Morgan fingerprint density at radius 3 is 1.68 bits per heavy atom.